The average molecular weight is 432 g/mol. The minimum absolute atomic E-state index is 0.180. The van der Waals surface area contributed by atoms with Crippen LogP contribution < -0.4 is 10.1 Å². The lowest BCUT2D eigenvalue weighted by Crippen LogP contribution is -2.16. The third kappa shape index (κ3) is 4.72. The van der Waals surface area contributed by atoms with Gasteiger partial charge in [0.15, 0.2) is 5.13 Å². The van der Waals surface area contributed by atoms with Crippen LogP contribution in [0.15, 0.2) is 35.7 Å². The van der Waals surface area contributed by atoms with E-state index in [2.05, 4.69) is 15.3 Å². The van der Waals surface area contributed by atoms with Crippen molar-refractivity contribution in [2.24, 2.45) is 0 Å². The first kappa shape index (κ1) is 20.8. The molecule has 0 aliphatic heterocycles. The van der Waals surface area contributed by atoms with E-state index < -0.39 is 11.9 Å². The molecule has 0 aliphatic carbocycles. The molecule has 0 saturated carbocycles. The highest BCUT2D eigenvalue weighted by molar-refractivity contribution is 7.14. The Kier molecular flexibility index (Phi) is 6.46. The van der Waals surface area contributed by atoms with Gasteiger partial charge in [0.2, 0.25) is 0 Å². The molecule has 0 atom stereocenters. The van der Waals surface area contributed by atoms with Crippen molar-refractivity contribution in [3.63, 3.8) is 0 Å². The summed E-state index contributed by atoms with van der Waals surface area (Å²) < 4.78 is 10.1. The van der Waals surface area contributed by atoms with Crippen molar-refractivity contribution in [2.45, 2.75) is 13.8 Å². The Labute approximate surface area is 176 Å². The predicted octanol–water partition coefficient (Wildman–Crippen LogP) is 4.60. The minimum Gasteiger partial charge on any atom is -0.495 e. The van der Waals surface area contributed by atoms with Gasteiger partial charge in [-0.1, -0.05) is 11.6 Å². The summed E-state index contributed by atoms with van der Waals surface area (Å²) >= 11 is 7.44. The Morgan fingerprint density at radius 2 is 2.00 bits per heavy atom. The standard InChI is InChI=1S/C20H18ClN3O4S/c1-4-28-19(26)13-6-7-15(22-11(13)2)18(25)24-20-23-16(10-29-20)12-5-8-17(27-3)14(21)9-12/h5-10H,4H2,1-3H3,(H,23,24,25). The second-order valence-corrected chi connectivity index (χ2v) is 7.16. The van der Waals surface area contributed by atoms with E-state index in [1.807, 2.05) is 11.4 Å². The van der Waals surface area contributed by atoms with E-state index in [0.717, 1.165) is 5.56 Å². The van der Waals surface area contributed by atoms with Crippen molar-refractivity contribution in [2.75, 3.05) is 19.0 Å². The molecule has 0 radical (unpaired) electrons. The highest BCUT2D eigenvalue weighted by Gasteiger charge is 2.16. The van der Waals surface area contributed by atoms with Crippen molar-refractivity contribution >= 4 is 39.9 Å². The van der Waals surface area contributed by atoms with Crippen LogP contribution in [0.2, 0.25) is 5.02 Å². The van der Waals surface area contributed by atoms with Crippen LogP contribution in [0.4, 0.5) is 5.13 Å². The number of hydrogen-bond donors (Lipinski definition) is 1. The third-order valence-corrected chi connectivity index (χ3v) is 5.04. The number of ether oxygens (including phenoxy) is 2. The number of aryl methyl sites for hydroxylation is 1. The van der Waals surface area contributed by atoms with Gasteiger partial charge in [0.1, 0.15) is 11.4 Å². The number of rotatable bonds is 6. The lowest BCUT2D eigenvalue weighted by atomic mass is 10.2. The lowest BCUT2D eigenvalue weighted by molar-refractivity contribution is 0.0524. The quantitative estimate of drug-likeness (QED) is 0.573. The normalized spacial score (nSPS) is 10.5. The molecule has 3 aromatic rings. The fraction of sp³-hybridized carbons (Fsp3) is 0.200. The molecule has 9 heteroatoms. The van der Waals surface area contributed by atoms with Crippen LogP contribution in [0.3, 0.4) is 0 Å². The molecule has 1 amide bonds. The average Bonchev–Trinajstić information content (AvgIpc) is 3.16. The SMILES string of the molecule is CCOC(=O)c1ccc(C(=O)Nc2nc(-c3ccc(OC)c(Cl)c3)cs2)nc1C. The molecule has 1 N–H and O–H groups in total. The molecule has 0 fully saturated rings. The van der Waals surface area contributed by atoms with Gasteiger partial charge in [-0.25, -0.2) is 14.8 Å². The number of halogens is 1. The Morgan fingerprint density at radius 1 is 1.21 bits per heavy atom. The number of thiazole rings is 1. The molecule has 29 heavy (non-hydrogen) atoms. The number of carbonyl (C=O) groups excluding carboxylic acids is 2. The summed E-state index contributed by atoms with van der Waals surface area (Å²) in [6.45, 7) is 3.65. The van der Waals surface area contributed by atoms with E-state index in [4.69, 9.17) is 21.1 Å². The van der Waals surface area contributed by atoms with Crippen LogP contribution in [0.5, 0.6) is 5.75 Å². The Hall–Kier alpha value is -2.97. The molecule has 0 aliphatic rings. The number of nitrogens with zero attached hydrogens (tertiary/aromatic N) is 2. The summed E-state index contributed by atoms with van der Waals surface area (Å²) in [5.74, 6) is -0.309. The molecule has 0 bridgehead atoms. The maximum Gasteiger partial charge on any atom is 0.339 e. The number of hydrogen-bond acceptors (Lipinski definition) is 7. The van der Waals surface area contributed by atoms with E-state index >= 15 is 0 Å². The number of carbonyl (C=O) groups is 2. The fourth-order valence-corrected chi connectivity index (χ4v) is 3.54. The summed E-state index contributed by atoms with van der Waals surface area (Å²) in [4.78, 5) is 33.0. The molecule has 150 valence electrons. The summed E-state index contributed by atoms with van der Waals surface area (Å²) in [6.07, 6.45) is 0. The van der Waals surface area contributed by atoms with Crippen LogP contribution in [0.25, 0.3) is 11.3 Å². The summed E-state index contributed by atoms with van der Waals surface area (Å²) in [6, 6.07) is 8.35. The van der Waals surface area contributed by atoms with E-state index in [9.17, 15) is 9.59 Å². The maximum absolute atomic E-state index is 12.5. The fourth-order valence-electron chi connectivity index (χ4n) is 2.56. The number of nitrogens with one attached hydrogen (secondary N) is 1. The van der Waals surface area contributed by atoms with Gasteiger partial charge in [0.25, 0.3) is 5.91 Å². The van der Waals surface area contributed by atoms with E-state index in [-0.39, 0.29) is 12.3 Å². The largest absolute Gasteiger partial charge is 0.495 e. The van der Waals surface area contributed by atoms with Gasteiger partial charge in [0, 0.05) is 10.9 Å². The second-order valence-electron chi connectivity index (χ2n) is 5.89. The molecule has 3 rings (SSSR count). The zero-order chi connectivity index (χ0) is 21.0. The van der Waals surface area contributed by atoms with E-state index in [0.29, 0.717) is 32.9 Å². The number of pyridine rings is 1. The summed E-state index contributed by atoms with van der Waals surface area (Å²) in [7, 11) is 1.55. The highest BCUT2D eigenvalue weighted by Crippen LogP contribution is 2.31. The third-order valence-electron chi connectivity index (χ3n) is 3.99. The van der Waals surface area contributed by atoms with Crippen LogP contribution in [0.1, 0.15) is 33.5 Å². The van der Waals surface area contributed by atoms with Gasteiger partial charge >= 0.3 is 5.97 Å². The predicted molar refractivity (Wildman–Crippen MR) is 112 cm³/mol. The summed E-state index contributed by atoms with van der Waals surface area (Å²) in [5.41, 5.74) is 2.41. The molecule has 0 unspecified atom stereocenters. The Morgan fingerprint density at radius 3 is 2.66 bits per heavy atom. The van der Waals surface area contributed by atoms with Gasteiger partial charge in [0.05, 0.1) is 35.7 Å². The maximum atomic E-state index is 12.5. The van der Waals surface area contributed by atoms with Crippen LogP contribution in [-0.4, -0.2) is 35.6 Å². The van der Waals surface area contributed by atoms with Crippen LogP contribution >= 0.6 is 22.9 Å². The molecule has 0 saturated heterocycles. The number of amides is 1. The topological polar surface area (TPSA) is 90.4 Å². The first-order chi connectivity index (χ1) is 13.9. The molecular weight excluding hydrogens is 414 g/mol. The Bertz CT molecular complexity index is 1070. The van der Waals surface area contributed by atoms with Crippen molar-refractivity contribution in [1.82, 2.24) is 9.97 Å². The first-order valence-electron chi connectivity index (χ1n) is 8.68. The molecule has 2 heterocycles. The number of anilines is 1. The molecule has 2 aromatic heterocycles. The van der Waals surface area contributed by atoms with Crippen LogP contribution in [-0.2, 0) is 4.74 Å². The Balaban J connectivity index is 1.74. The second kappa shape index (κ2) is 9.02. The highest BCUT2D eigenvalue weighted by atomic mass is 35.5. The number of esters is 1. The first-order valence-corrected chi connectivity index (χ1v) is 9.94. The number of aromatic nitrogens is 2. The molecule has 7 nitrogen and oxygen atoms in total. The van der Waals surface area contributed by atoms with Gasteiger partial charge in [-0.05, 0) is 44.2 Å². The van der Waals surface area contributed by atoms with Gasteiger partial charge in [-0.15, -0.1) is 11.3 Å². The van der Waals surface area contributed by atoms with Gasteiger partial charge < -0.3 is 9.47 Å². The monoisotopic (exact) mass is 431 g/mol. The van der Waals surface area contributed by atoms with Crippen molar-refractivity contribution in [3.05, 3.63) is 57.7 Å². The van der Waals surface area contributed by atoms with E-state index in [1.165, 1.54) is 23.5 Å². The zero-order valence-electron chi connectivity index (χ0n) is 16.0. The summed E-state index contributed by atoms with van der Waals surface area (Å²) in [5, 5.41) is 5.43. The van der Waals surface area contributed by atoms with Crippen molar-refractivity contribution in [3.8, 4) is 17.0 Å². The molecular formula is C20H18ClN3O4S. The van der Waals surface area contributed by atoms with Gasteiger partial charge in [-0.3, -0.25) is 10.1 Å². The van der Waals surface area contributed by atoms with Crippen LogP contribution in [0, 0.1) is 6.92 Å². The number of methoxy groups -OCH3 is 1. The minimum atomic E-state index is -0.466. The van der Waals surface area contributed by atoms with Gasteiger partial charge in [-0.2, -0.15) is 0 Å². The van der Waals surface area contributed by atoms with Crippen molar-refractivity contribution < 1.29 is 19.1 Å². The molecule has 1 aromatic carbocycles. The van der Waals surface area contributed by atoms with E-state index in [1.54, 1.807) is 33.1 Å². The van der Waals surface area contributed by atoms with Crippen molar-refractivity contribution in [1.29, 1.82) is 0 Å². The lowest BCUT2D eigenvalue weighted by Gasteiger charge is -2.07. The molecule has 0 spiro atoms. The number of benzene rings is 1. The smallest absolute Gasteiger partial charge is 0.339 e. The zero-order valence-corrected chi connectivity index (χ0v) is 17.6.